The Kier molecular flexibility index (Phi) is 8.14. The number of aromatic nitrogens is 3. The standard InChI is InChI=1S/C36H32N4O5S/c1-20-16-21(2)29(22(3)17-20)31-26(19-39(38-31)27-10-8-7-9-11-27)18-28-33(41)40-32(24-12-14-25(15-13-24)34(42)44-5)30(35(43)45-6)23(4)37-36(40)46-28/h7-19,32H,1-6H3. The average Bonchev–Trinajstić information content (AvgIpc) is 3.59. The first-order valence-electron chi connectivity index (χ1n) is 14.6. The average molecular weight is 633 g/mol. The van der Waals surface area contributed by atoms with E-state index in [0.717, 1.165) is 39.2 Å². The van der Waals surface area contributed by atoms with Gasteiger partial charge in [-0.3, -0.25) is 9.36 Å². The normalized spacial score (nSPS) is 14.6. The number of para-hydroxylation sites is 1. The zero-order chi connectivity index (χ0) is 32.7. The highest BCUT2D eigenvalue weighted by Crippen LogP contribution is 2.33. The maximum atomic E-state index is 14.3. The van der Waals surface area contributed by atoms with Crippen molar-refractivity contribution in [1.29, 1.82) is 0 Å². The van der Waals surface area contributed by atoms with Crippen molar-refractivity contribution < 1.29 is 19.1 Å². The van der Waals surface area contributed by atoms with Crippen molar-refractivity contribution >= 4 is 29.4 Å². The maximum Gasteiger partial charge on any atom is 0.338 e. The maximum absolute atomic E-state index is 14.3. The number of methoxy groups -OCH3 is 2. The summed E-state index contributed by atoms with van der Waals surface area (Å²) in [6, 6.07) is 19.9. The van der Waals surface area contributed by atoms with Gasteiger partial charge in [-0.2, -0.15) is 5.10 Å². The van der Waals surface area contributed by atoms with Gasteiger partial charge < -0.3 is 9.47 Å². The fraction of sp³-hybridized carbons (Fsp3) is 0.194. The Morgan fingerprint density at radius 2 is 1.54 bits per heavy atom. The molecule has 0 bridgehead atoms. The summed E-state index contributed by atoms with van der Waals surface area (Å²) >= 11 is 1.24. The molecule has 1 atom stereocenters. The Balaban J connectivity index is 1.58. The lowest BCUT2D eigenvalue weighted by molar-refractivity contribution is -0.136. The van der Waals surface area contributed by atoms with Gasteiger partial charge in [0.25, 0.3) is 5.56 Å². The van der Waals surface area contributed by atoms with Crippen LogP contribution >= 0.6 is 11.3 Å². The minimum atomic E-state index is -0.814. The summed E-state index contributed by atoms with van der Waals surface area (Å²) in [4.78, 5) is 44.6. The molecule has 3 heterocycles. The van der Waals surface area contributed by atoms with Crippen LogP contribution in [0.2, 0.25) is 0 Å². The molecule has 9 nitrogen and oxygen atoms in total. The number of fused-ring (bicyclic) bond motifs is 1. The van der Waals surface area contributed by atoms with Crippen molar-refractivity contribution in [2.75, 3.05) is 14.2 Å². The highest BCUT2D eigenvalue weighted by atomic mass is 32.1. The molecule has 232 valence electrons. The van der Waals surface area contributed by atoms with Gasteiger partial charge in [-0.25, -0.2) is 19.3 Å². The van der Waals surface area contributed by atoms with Crippen molar-refractivity contribution in [2.24, 2.45) is 4.99 Å². The lowest BCUT2D eigenvalue weighted by atomic mass is 9.95. The van der Waals surface area contributed by atoms with E-state index in [1.165, 1.54) is 30.1 Å². The van der Waals surface area contributed by atoms with E-state index in [1.807, 2.05) is 47.3 Å². The minimum Gasteiger partial charge on any atom is -0.466 e. The zero-order valence-electron chi connectivity index (χ0n) is 26.3. The summed E-state index contributed by atoms with van der Waals surface area (Å²) in [5.74, 6) is -1.07. The van der Waals surface area contributed by atoms with E-state index >= 15 is 0 Å². The Hall–Kier alpha value is -5.35. The molecule has 0 saturated heterocycles. The molecule has 0 aliphatic carbocycles. The molecule has 1 aliphatic rings. The molecular weight excluding hydrogens is 600 g/mol. The second-order valence-electron chi connectivity index (χ2n) is 11.2. The molecular formula is C36H32N4O5S. The number of hydrogen-bond acceptors (Lipinski definition) is 8. The van der Waals surface area contributed by atoms with E-state index in [2.05, 4.69) is 37.9 Å². The third-order valence-electron chi connectivity index (χ3n) is 8.04. The third-order valence-corrected chi connectivity index (χ3v) is 9.02. The first kappa shape index (κ1) is 30.7. The summed E-state index contributed by atoms with van der Waals surface area (Å²) in [5.41, 5.74) is 8.11. The molecule has 0 N–H and O–H groups in total. The van der Waals surface area contributed by atoms with Crippen molar-refractivity contribution in [2.45, 2.75) is 33.7 Å². The molecule has 0 saturated carbocycles. The molecule has 0 fully saturated rings. The first-order valence-corrected chi connectivity index (χ1v) is 15.5. The van der Waals surface area contributed by atoms with E-state index in [4.69, 9.17) is 14.6 Å². The van der Waals surface area contributed by atoms with Crippen LogP contribution in [0.15, 0.2) is 94.0 Å². The van der Waals surface area contributed by atoms with Gasteiger partial charge in [0.1, 0.15) is 5.69 Å². The lowest BCUT2D eigenvalue weighted by Gasteiger charge is -2.24. The van der Waals surface area contributed by atoms with Crippen LogP contribution in [0.4, 0.5) is 0 Å². The second-order valence-corrected chi connectivity index (χ2v) is 12.2. The van der Waals surface area contributed by atoms with Gasteiger partial charge in [0.15, 0.2) is 4.80 Å². The molecule has 0 radical (unpaired) electrons. The molecule has 10 heteroatoms. The van der Waals surface area contributed by atoms with Crippen molar-refractivity contribution in [1.82, 2.24) is 14.3 Å². The number of ether oxygens (including phenoxy) is 2. The highest BCUT2D eigenvalue weighted by Gasteiger charge is 2.33. The Bertz CT molecular complexity index is 2200. The van der Waals surface area contributed by atoms with Gasteiger partial charge in [-0.05, 0) is 74.7 Å². The zero-order valence-corrected chi connectivity index (χ0v) is 27.1. The van der Waals surface area contributed by atoms with Gasteiger partial charge in [0.05, 0.1) is 47.3 Å². The van der Waals surface area contributed by atoms with Crippen LogP contribution in [-0.4, -0.2) is 40.5 Å². The number of aryl methyl sites for hydroxylation is 3. The van der Waals surface area contributed by atoms with Gasteiger partial charge >= 0.3 is 11.9 Å². The van der Waals surface area contributed by atoms with Crippen LogP contribution in [0.3, 0.4) is 0 Å². The Labute approximate surface area is 269 Å². The topological polar surface area (TPSA) is 105 Å². The first-order chi connectivity index (χ1) is 22.1. The molecule has 2 aromatic heterocycles. The monoisotopic (exact) mass is 632 g/mol. The van der Waals surface area contributed by atoms with Crippen LogP contribution in [0.25, 0.3) is 23.0 Å². The number of rotatable bonds is 6. The number of allylic oxidation sites excluding steroid dienone is 1. The Morgan fingerprint density at radius 1 is 0.891 bits per heavy atom. The number of esters is 2. The van der Waals surface area contributed by atoms with Gasteiger partial charge in [-0.15, -0.1) is 0 Å². The van der Waals surface area contributed by atoms with Crippen LogP contribution in [0, 0.1) is 20.8 Å². The molecule has 1 unspecified atom stereocenters. The molecule has 1 aliphatic heterocycles. The minimum absolute atomic E-state index is 0.246. The number of benzene rings is 3. The van der Waals surface area contributed by atoms with E-state index in [-0.39, 0.29) is 11.1 Å². The van der Waals surface area contributed by atoms with E-state index < -0.39 is 18.0 Å². The summed E-state index contributed by atoms with van der Waals surface area (Å²) < 4.78 is 13.7. The number of hydrogen-bond donors (Lipinski definition) is 0. The van der Waals surface area contributed by atoms with Gasteiger partial charge in [0.2, 0.25) is 0 Å². The number of carbonyl (C=O) groups excluding carboxylic acids is 2. The largest absolute Gasteiger partial charge is 0.466 e. The fourth-order valence-electron chi connectivity index (χ4n) is 6.02. The fourth-order valence-corrected chi connectivity index (χ4v) is 7.06. The molecule has 0 amide bonds. The predicted octanol–water partition coefficient (Wildman–Crippen LogP) is 4.97. The quantitative estimate of drug-likeness (QED) is 0.245. The van der Waals surface area contributed by atoms with Crippen LogP contribution in [-0.2, 0) is 14.3 Å². The van der Waals surface area contributed by atoms with E-state index in [1.54, 1.807) is 31.2 Å². The molecule has 3 aromatic carbocycles. The van der Waals surface area contributed by atoms with E-state index in [0.29, 0.717) is 26.2 Å². The molecule has 6 rings (SSSR count). The highest BCUT2D eigenvalue weighted by molar-refractivity contribution is 7.07. The Morgan fingerprint density at radius 3 is 2.17 bits per heavy atom. The molecule has 46 heavy (non-hydrogen) atoms. The van der Waals surface area contributed by atoms with Crippen molar-refractivity contribution in [3.05, 3.63) is 137 Å². The predicted molar refractivity (Wildman–Crippen MR) is 177 cm³/mol. The number of thiazole rings is 1. The SMILES string of the molecule is COC(=O)C1=C(C)N=c2sc(=Cc3cn(-c4ccccc4)nc3-c3c(C)cc(C)cc3C)c(=O)n2C1c1ccc(C(=O)OC)cc1. The summed E-state index contributed by atoms with van der Waals surface area (Å²) in [7, 11) is 2.61. The number of nitrogens with zero attached hydrogens (tertiary/aromatic N) is 4. The third kappa shape index (κ3) is 5.41. The molecule has 0 spiro atoms. The van der Waals surface area contributed by atoms with Crippen LogP contribution < -0.4 is 14.9 Å². The summed E-state index contributed by atoms with van der Waals surface area (Å²) in [6.45, 7) is 7.93. The van der Waals surface area contributed by atoms with Crippen LogP contribution in [0.1, 0.15) is 51.1 Å². The second kappa shape index (κ2) is 12.2. The van der Waals surface area contributed by atoms with Gasteiger partial charge in [-0.1, -0.05) is 59.4 Å². The summed E-state index contributed by atoms with van der Waals surface area (Å²) in [5, 5.41) is 5.01. The molecule has 5 aromatic rings. The smallest absolute Gasteiger partial charge is 0.338 e. The van der Waals surface area contributed by atoms with Crippen molar-refractivity contribution in [3.8, 4) is 16.9 Å². The summed E-state index contributed by atoms with van der Waals surface area (Å²) in [6.07, 6.45) is 3.77. The van der Waals surface area contributed by atoms with Crippen LogP contribution in [0.5, 0.6) is 0 Å². The van der Waals surface area contributed by atoms with Crippen molar-refractivity contribution in [3.63, 3.8) is 0 Å². The van der Waals surface area contributed by atoms with E-state index in [9.17, 15) is 14.4 Å². The van der Waals surface area contributed by atoms with Gasteiger partial charge in [0, 0.05) is 17.3 Å². The number of carbonyl (C=O) groups is 2. The lowest BCUT2D eigenvalue weighted by Crippen LogP contribution is -2.39.